The Morgan fingerprint density at radius 3 is 1.80 bits per heavy atom. The molecule has 0 amide bonds. The number of rotatable bonds is 2. The molecule has 0 bridgehead atoms. The molecule has 8 heteroatoms. The number of aliphatic hydroxyl groups is 6. The second-order valence-electron chi connectivity index (χ2n) is 11.4. The van der Waals surface area contributed by atoms with E-state index in [1.807, 2.05) is 56.4 Å². The monoisotopic (exact) mass is 578 g/mol. The molecule has 0 fully saturated rings. The molecular formula is C33H54O8. The van der Waals surface area contributed by atoms with Crippen molar-refractivity contribution in [3.8, 4) is 0 Å². The number of ether oxygens (including phenoxy) is 1. The highest BCUT2D eigenvalue weighted by Crippen LogP contribution is 2.22. The van der Waals surface area contributed by atoms with Crippen LogP contribution in [-0.4, -0.2) is 79.3 Å². The van der Waals surface area contributed by atoms with Gasteiger partial charge in [0, 0.05) is 18.3 Å². The average Bonchev–Trinajstić information content (AvgIpc) is 2.91. The highest BCUT2D eigenvalue weighted by Gasteiger charge is 2.29. The van der Waals surface area contributed by atoms with Gasteiger partial charge in [0.1, 0.15) is 6.10 Å². The molecule has 0 aromatic heterocycles. The van der Waals surface area contributed by atoms with Crippen LogP contribution in [0.1, 0.15) is 79.1 Å². The van der Waals surface area contributed by atoms with Gasteiger partial charge in [-0.2, -0.15) is 0 Å². The minimum atomic E-state index is -1.07. The molecule has 41 heavy (non-hydrogen) atoms. The lowest BCUT2D eigenvalue weighted by atomic mass is 9.91. The van der Waals surface area contributed by atoms with Crippen molar-refractivity contribution in [3.63, 3.8) is 0 Å². The molecule has 0 aromatic carbocycles. The fraction of sp³-hybridized carbons (Fsp3) is 0.667. The third-order valence-electron chi connectivity index (χ3n) is 7.67. The van der Waals surface area contributed by atoms with Gasteiger partial charge in [-0.05, 0) is 45.4 Å². The molecule has 1 aliphatic heterocycles. The van der Waals surface area contributed by atoms with Gasteiger partial charge in [0.2, 0.25) is 0 Å². The van der Waals surface area contributed by atoms with E-state index in [0.29, 0.717) is 25.7 Å². The minimum Gasteiger partial charge on any atom is -0.461 e. The summed E-state index contributed by atoms with van der Waals surface area (Å²) in [5.41, 5.74) is 0. The smallest absolute Gasteiger partial charge is 0.311 e. The van der Waals surface area contributed by atoms with Crippen molar-refractivity contribution in [1.29, 1.82) is 0 Å². The van der Waals surface area contributed by atoms with Gasteiger partial charge in [0.25, 0.3) is 0 Å². The predicted molar refractivity (Wildman–Crippen MR) is 162 cm³/mol. The lowest BCUT2D eigenvalue weighted by molar-refractivity contribution is -0.160. The normalized spacial score (nSPS) is 36.4. The molecule has 234 valence electrons. The lowest BCUT2D eigenvalue weighted by Gasteiger charge is -2.26. The Morgan fingerprint density at radius 1 is 0.707 bits per heavy atom. The summed E-state index contributed by atoms with van der Waals surface area (Å²) in [7, 11) is 0. The van der Waals surface area contributed by atoms with Crippen molar-refractivity contribution in [2.75, 3.05) is 0 Å². The summed E-state index contributed by atoms with van der Waals surface area (Å²) in [5, 5.41) is 62.5. The SMILES string of the molecule is CCCC1OC(=O)C(C)C(O)CC(O)CCCC(O)CC(O)CC(O)C(C)C(O)C=CC=CC=CC=CC=CC1C. The quantitative estimate of drug-likeness (QED) is 0.270. The number of esters is 1. The zero-order valence-corrected chi connectivity index (χ0v) is 25.2. The number of cyclic esters (lactones) is 1. The molecule has 0 spiro atoms. The molecule has 0 aliphatic carbocycles. The van der Waals surface area contributed by atoms with Crippen molar-refractivity contribution < 1.29 is 40.2 Å². The summed E-state index contributed by atoms with van der Waals surface area (Å²) in [6, 6.07) is 0. The van der Waals surface area contributed by atoms with Crippen molar-refractivity contribution in [1.82, 2.24) is 0 Å². The first kappa shape index (κ1) is 37.0. The molecule has 0 saturated heterocycles. The largest absolute Gasteiger partial charge is 0.461 e. The summed E-state index contributed by atoms with van der Waals surface area (Å²) in [5.74, 6) is -1.84. The van der Waals surface area contributed by atoms with Gasteiger partial charge < -0.3 is 35.4 Å². The Morgan fingerprint density at radius 2 is 1.22 bits per heavy atom. The standard InChI is InChI=1S/C33H54O8/c1-5-15-32-23(2)16-12-10-8-6-7-9-11-13-19-29(37)24(3)30(38)22-28(36)20-26(34)17-14-18-27(35)21-31(39)25(4)33(40)41-32/h6-13,16,19,23-32,34-39H,5,14-15,17-18,20-22H2,1-4H3. The Kier molecular flexibility index (Phi) is 18.7. The molecular weight excluding hydrogens is 524 g/mol. The Bertz CT molecular complexity index is 863. The molecule has 6 N–H and O–H groups in total. The number of carbonyl (C=O) groups is 1. The van der Waals surface area contributed by atoms with E-state index in [2.05, 4.69) is 0 Å². The van der Waals surface area contributed by atoms with Gasteiger partial charge >= 0.3 is 5.97 Å². The van der Waals surface area contributed by atoms with Crippen LogP contribution in [0.25, 0.3) is 0 Å². The molecule has 10 unspecified atom stereocenters. The first-order valence-corrected chi connectivity index (χ1v) is 15.1. The van der Waals surface area contributed by atoms with Crippen molar-refractivity contribution in [2.24, 2.45) is 17.8 Å². The molecule has 10 atom stereocenters. The van der Waals surface area contributed by atoms with Crippen LogP contribution >= 0.6 is 0 Å². The van der Waals surface area contributed by atoms with E-state index in [1.54, 1.807) is 32.1 Å². The fourth-order valence-electron chi connectivity index (χ4n) is 4.67. The predicted octanol–water partition coefficient (Wildman–Crippen LogP) is 3.91. The Balaban J connectivity index is 2.97. The molecule has 1 aliphatic rings. The second-order valence-corrected chi connectivity index (χ2v) is 11.4. The number of hydrogen-bond acceptors (Lipinski definition) is 8. The van der Waals surface area contributed by atoms with Gasteiger partial charge in [0.15, 0.2) is 0 Å². The van der Waals surface area contributed by atoms with Gasteiger partial charge in [0.05, 0.1) is 42.5 Å². The topological polar surface area (TPSA) is 148 Å². The summed E-state index contributed by atoms with van der Waals surface area (Å²) in [4.78, 5) is 12.8. The highest BCUT2D eigenvalue weighted by atomic mass is 16.5. The zero-order valence-electron chi connectivity index (χ0n) is 25.2. The Hall–Kier alpha value is -2.07. The van der Waals surface area contributed by atoms with Crippen LogP contribution in [-0.2, 0) is 9.53 Å². The van der Waals surface area contributed by atoms with E-state index >= 15 is 0 Å². The van der Waals surface area contributed by atoms with Gasteiger partial charge in [-0.25, -0.2) is 0 Å². The van der Waals surface area contributed by atoms with Crippen LogP contribution in [0.2, 0.25) is 0 Å². The van der Waals surface area contributed by atoms with E-state index in [1.165, 1.54) is 0 Å². The summed E-state index contributed by atoms with van der Waals surface area (Å²) < 4.78 is 5.77. The average molecular weight is 579 g/mol. The Labute approximate surface area is 246 Å². The number of carbonyl (C=O) groups excluding carboxylic acids is 1. The van der Waals surface area contributed by atoms with Crippen LogP contribution in [0.5, 0.6) is 0 Å². The lowest BCUT2D eigenvalue weighted by Crippen LogP contribution is -2.34. The van der Waals surface area contributed by atoms with Crippen LogP contribution in [0, 0.1) is 17.8 Å². The van der Waals surface area contributed by atoms with Gasteiger partial charge in [-0.3, -0.25) is 4.79 Å². The highest BCUT2D eigenvalue weighted by molar-refractivity contribution is 5.72. The summed E-state index contributed by atoms with van der Waals surface area (Å²) >= 11 is 0. The second kappa shape index (κ2) is 20.8. The van der Waals surface area contributed by atoms with Crippen LogP contribution in [0.15, 0.2) is 60.8 Å². The van der Waals surface area contributed by atoms with E-state index in [9.17, 15) is 35.4 Å². The molecule has 0 saturated carbocycles. The third-order valence-corrected chi connectivity index (χ3v) is 7.67. The molecule has 0 radical (unpaired) electrons. The van der Waals surface area contributed by atoms with Crippen LogP contribution in [0.4, 0.5) is 0 Å². The van der Waals surface area contributed by atoms with Gasteiger partial charge in [-0.1, -0.05) is 88.0 Å². The number of hydrogen-bond donors (Lipinski definition) is 6. The van der Waals surface area contributed by atoms with E-state index in [4.69, 9.17) is 4.74 Å². The summed E-state index contributed by atoms with van der Waals surface area (Å²) in [6.45, 7) is 7.30. The maximum atomic E-state index is 12.8. The molecule has 0 aromatic rings. The fourth-order valence-corrected chi connectivity index (χ4v) is 4.67. The van der Waals surface area contributed by atoms with E-state index in [0.717, 1.165) is 6.42 Å². The number of aliphatic hydroxyl groups excluding tert-OH is 6. The van der Waals surface area contributed by atoms with Crippen LogP contribution < -0.4 is 0 Å². The van der Waals surface area contributed by atoms with Crippen molar-refractivity contribution in [3.05, 3.63) is 60.8 Å². The molecule has 8 nitrogen and oxygen atoms in total. The van der Waals surface area contributed by atoms with E-state index in [-0.39, 0.29) is 31.3 Å². The zero-order chi connectivity index (χ0) is 30.8. The van der Waals surface area contributed by atoms with Gasteiger partial charge in [-0.15, -0.1) is 0 Å². The third kappa shape index (κ3) is 15.7. The maximum Gasteiger partial charge on any atom is 0.311 e. The number of allylic oxidation sites excluding steroid dienone is 8. The minimum absolute atomic E-state index is 0.0112. The maximum absolute atomic E-state index is 12.8. The van der Waals surface area contributed by atoms with E-state index < -0.39 is 54.4 Å². The first-order chi connectivity index (χ1) is 19.5. The summed E-state index contributed by atoms with van der Waals surface area (Å²) in [6.07, 6.45) is 15.0. The van der Waals surface area contributed by atoms with Crippen molar-refractivity contribution in [2.45, 2.75) is 122 Å². The van der Waals surface area contributed by atoms with Crippen molar-refractivity contribution >= 4 is 5.97 Å². The molecule has 1 heterocycles. The molecule has 1 rings (SSSR count). The van der Waals surface area contributed by atoms with Crippen LogP contribution in [0.3, 0.4) is 0 Å². The first-order valence-electron chi connectivity index (χ1n) is 15.1.